The number of hydrogen-bond donors (Lipinski definition) is 1. The molecular weight excluding hydrogens is 422 g/mol. The molecule has 1 fully saturated rings. The Morgan fingerprint density at radius 1 is 1.00 bits per heavy atom. The Bertz CT molecular complexity index is 1150. The van der Waals surface area contributed by atoms with Crippen LogP contribution in [0.5, 0.6) is 0 Å². The molecule has 0 spiro atoms. The molecule has 0 aromatic heterocycles. The molecule has 2 amide bonds. The third kappa shape index (κ3) is 5.35. The first-order valence-electron chi connectivity index (χ1n) is 10.6. The highest BCUT2D eigenvalue weighted by atomic mass is 16.6. The fourth-order valence-electron chi connectivity index (χ4n) is 3.84. The van der Waals surface area contributed by atoms with Crippen LogP contribution in [0, 0.1) is 10.1 Å². The van der Waals surface area contributed by atoms with Crippen molar-refractivity contribution in [2.75, 3.05) is 11.9 Å². The summed E-state index contributed by atoms with van der Waals surface area (Å²) in [5.41, 5.74) is 3.09. The van der Waals surface area contributed by atoms with Gasteiger partial charge in [0.1, 0.15) is 12.6 Å². The molecular formula is C25H23N3O5. The number of nitrogens with zero attached hydrogens (tertiary/aromatic N) is 2. The van der Waals surface area contributed by atoms with Gasteiger partial charge >= 0.3 is 6.09 Å². The van der Waals surface area contributed by atoms with E-state index < -0.39 is 17.1 Å². The molecule has 1 N–H and O–H groups in total. The number of nitro benzene ring substituents is 1. The van der Waals surface area contributed by atoms with E-state index in [0.29, 0.717) is 18.7 Å². The van der Waals surface area contributed by atoms with Gasteiger partial charge in [0.15, 0.2) is 0 Å². The van der Waals surface area contributed by atoms with Crippen molar-refractivity contribution in [1.29, 1.82) is 0 Å². The van der Waals surface area contributed by atoms with Crippen LogP contribution >= 0.6 is 0 Å². The van der Waals surface area contributed by atoms with E-state index in [1.54, 1.807) is 30.3 Å². The van der Waals surface area contributed by atoms with Gasteiger partial charge in [-0.25, -0.2) is 4.79 Å². The normalized spacial score (nSPS) is 15.2. The molecule has 1 heterocycles. The van der Waals surface area contributed by atoms with Crippen LogP contribution in [0.1, 0.15) is 18.4 Å². The minimum absolute atomic E-state index is 0.0173. The molecule has 8 heteroatoms. The second-order valence-electron chi connectivity index (χ2n) is 7.77. The van der Waals surface area contributed by atoms with E-state index in [4.69, 9.17) is 4.74 Å². The smallest absolute Gasteiger partial charge is 0.410 e. The molecule has 3 aromatic carbocycles. The van der Waals surface area contributed by atoms with Crippen molar-refractivity contribution >= 4 is 23.4 Å². The lowest BCUT2D eigenvalue weighted by Gasteiger charge is -2.23. The molecule has 8 nitrogen and oxygen atoms in total. The van der Waals surface area contributed by atoms with Crippen LogP contribution < -0.4 is 5.32 Å². The third-order valence-corrected chi connectivity index (χ3v) is 5.54. The molecule has 1 unspecified atom stereocenters. The molecule has 1 aliphatic heterocycles. The first-order valence-corrected chi connectivity index (χ1v) is 10.6. The van der Waals surface area contributed by atoms with Crippen LogP contribution in [0.2, 0.25) is 0 Å². The second-order valence-corrected chi connectivity index (χ2v) is 7.77. The van der Waals surface area contributed by atoms with E-state index in [9.17, 15) is 19.7 Å². The lowest BCUT2D eigenvalue weighted by molar-refractivity contribution is -0.384. The number of nitro groups is 1. The number of rotatable bonds is 6. The first-order chi connectivity index (χ1) is 16.0. The van der Waals surface area contributed by atoms with Gasteiger partial charge in [0.05, 0.1) is 4.92 Å². The number of ether oxygens (including phenoxy) is 1. The quantitative estimate of drug-likeness (QED) is 0.425. The number of carbonyl (C=O) groups is 2. The van der Waals surface area contributed by atoms with E-state index in [-0.39, 0.29) is 18.2 Å². The van der Waals surface area contributed by atoms with Crippen molar-refractivity contribution < 1.29 is 19.2 Å². The number of nitrogens with one attached hydrogen (secondary N) is 1. The molecule has 1 saturated heterocycles. The molecule has 4 rings (SSSR count). The van der Waals surface area contributed by atoms with Crippen molar-refractivity contribution in [1.82, 2.24) is 4.90 Å². The molecule has 0 aliphatic carbocycles. The maximum absolute atomic E-state index is 12.9. The zero-order chi connectivity index (χ0) is 23.2. The number of benzene rings is 3. The standard InChI is InChI=1S/C25H23N3O5/c29-24(23-10-5-15-27(23)25(30)33-17-18-6-2-1-3-7-18)26-21-9-4-8-20(16-21)19-11-13-22(14-12-19)28(31)32/h1-4,6-9,11-14,16,23H,5,10,15,17H2,(H,26,29). The largest absolute Gasteiger partial charge is 0.445 e. The highest BCUT2D eigenvalue weighted by Crippen LogP contribution is 2.26. The predicted octanol–water partition coefficient (Wildman–Crippen LogP) is 5.00. The van der Waals surface area contributed by atoms with E-state index in [0.717, 1.165) is 23.1 Å². The van der Waals surface area contributed by atoms with Gasteiger partial charge in [-0.3, -0.25) is 19.8 Å². The Morgan fingerprint density at radius 3 is 2.48 bits per heavy atom. The van der Waals surface area contributed by atoms with Gasteiger partial charge in [0, 0.05) is 24.4 Å². The summed E-state index contributed by atoms with van der Waals surface area (Å²) in [6.45, 7) is 0.621. The summed E-state index contributed by atoms with van der Waals surface area (Å²) in [7, 11) is 0. The van der Waals surface area contributed by atoms with Crippen LogP contribution in [0.4, 0.5) is 16.2 Å². The molecule has 3 aromatic rings. The molecule has 168 valence electrons. The SMILES string of the molecule is O=C(Nc1cccc(-c2ccc([N+](=O)[O-])cc2)c1)C1CCCN1C(=O)OCc1ccccc1. The van der Waals surface area contributed by atoms with Crippen molar-refractivity contribution in [2.24, 2.45) is 0 Å². The maximum atomic E-state index is 12.9. The Kier molecular flexibility index (Phi) is 6.64. The van der Waals surface area contributed by atoms with Crippen molar-refractivity contribution in [3.05, 3.63) is 94.5 Å². The van der Waals surface area contributed by atoms with Crippen molar-refractivity contribution in [3.8, 4) is 11.1 Å². The van der Waals surface area contributed by atoms with Crippen molar-refractivity contribution in [2.45, 2.75) is 25.5 Å². The zero-order valence-corrected chi connectivity index (χ0v) is 17.8. The molecule has 1 aliphatic rings. The van der Waals surface area contributed by atoms with Crippen LogP contribution in [-0.4, -0.2) is 34.4 Å². The Labute approximate surface area is 190 Å². The Morgan fingerprint density at radius 2 is 1.76 bits per heavy atom. The van der Waals surface area contributed by atoms with Gasteiger partial charge in [-0.05, 0) is 53.8 Å². The number of carbonyl (C=O) groups excluding carboxylic acids is 2. The number of non-ortho nitro benzene ring substituents is 1. The highest BCUT2D eigenvalue weighted by Gasteiger charge is 2.35. The fraction of sp³-hybridized carbons (Fsp3) is 0.200. The van der Waals surface area contributed by atoms with Gasteiger partial charge in [0.2, 0.25) is 5.91 Å². The van der Waals surface area contributed by atoms with E-state index in [1.807, 2.05) is 36.4 Å². The summed E-state index contributed by atoms with van der Waals surface area (Å²) >= 11 is 0. The minimum Gasteiger partial charge on any atom is -0.445 e. The summed E-state index contributed by atoms with van der Waals surface area (Å²) in [6.07, 6.45) is 0.784. The van der Waals surface area contributed by atoms with Gasteiger partial charge in [-0.2, -0.15) is 0 Å². The van der Waals surface area contributed by atoms with Gasteiger partial charge in [0.25, 0.3) is 5.69 Å². The van der Waals surface area contributed by atoms with Gasteiger partial charge in [-0.15, -0.1) is 0 Å². The second kappa shape index (κ2) is 9.95. The molecule has 0 bridgehead atoms. The molecule has 33 heavy (non-hydrogen) atoms. The monoisotopic (exact) mass is 445 g/mol. The fourth-order valence-corrected chi connectivity index (χ4v) is 3.84. The molecule has 0 radical (unpaired) electrons. The number of likely N-dealkylation sites (tertiary alicyclic amines) is 1. The lowest BCUT2D eigenvalue weighted by Crippen LogP contribution is -2.43. The zero-order valence-electron chi connectivity index (χ0n) is 17.8. The number of hydrogen-bond acceptors (Lipinski definition) is 5. The summed E-state index contributed by atoms with van der Waals surface area (Å²) in [6, 6.07) is 22.2. The highest BCUT2D eigenvalue weighted by molar-refractivity contribution is 5.97. The summed E-state index contributed by atoms with van der Waals surface area (Å²) in [5.74, 6) is -0.273. The predicted molar refractivity (Wildman–Crippen MR) is 124 cm³/mol. The number of anilines is 1. The topological polar surface area (TPSA) is 102 Å². The summed E-state index contributed by atoms with van der Waals surface area (Å²) < 4.78 is 5.41. The van der Waals surface area contributed by atoms with E-state index in [1.165, 1.54) is 17.0 Å². The Balaban J connectivity index is 1.40. The van der Waals surface area contributed by atoms with Gasteiger partial charge < -0.3 is 10.1 Å². The summed E-state index contributed by atoms with van der Waals surface area (Å²) in [4.78, 5) is 37.4. The average Bonchev–Trinajstić information content (AvgIpc) is 3.34. The first kappa shape index (κ1) is 22.0. The third-order valence-electron chi connectivity index (χ3n) is 5.54. The molecule has 1 atom stereocenters. The lowest BCUT2D eigenvalue weighted by atomic mass is 10.0. The average molecular weight is 445 g/mol. The van der Waals surface area contributed by atoms with Crippen molar-refractivity contribution in [3.63, 3.8) is 0 Å². The Hall–Kier alpha value is -4.20. The van der Waals surface area contributed by atoms with Crippen LogP contribution in [-0.2, 0) is 16.1 Å². The van der Waals surface area contributed by atoms with Crippen LogP contribution in [0.25, 0.3) is 11.1 Å². The summed E-state index contributed by atoms with van der Waals surface area (Å²) in [5, 5.41) is 13.7. The van der Waals surface area contributed by atoms with Gasteiger partial charge in [-0.1, -0.05) is 42.5 Å². The van der Waals surface area contributed by atoms with E-state index >= 15 is 0 Å². The molecule has 0 saturated carbocycles. The van der Waals surface area contributed by atoms with E-state index in [2.05, 4.69) is 5.32 Å². The number of amides is 2. The van der Waals surface area contributed by atoms with Crippen LogP contribution in [0.3, 0.4) is 0 Å². The minimum atomic E-state index is -0.601. The van der Waals surface area contributed by atoms with Crippen LogP contribution in [0.15, 0.2) is 78.9 Å². The maximum Gasteiger partial charge on any atom is 0.410 e.